The first-order valence-electron chi connectivity index (χ1n) is 11.4. The molecule has 2 amide bonds. The summed E-state index contributed by atoms with van der Waals surface area (Å²) in [6, 6.07) is 8.17. The minimum atomic E-state index is -2.88. The van der Waals surface area contributed by atoms with Crippen LogP contribution in [0.25, 0.3) is 5.82 Å². The van der Waals surface area contributed by atoms with Crippen molar-refractivity contribution in [2.75, 3.05) is 5.32 Å². The van der Waals surface area contributed by atoms with Gasteiger partial charge in [0.1, 0.15) is 12.2 Å². The van der Waals surface area contributed by atoms with Gasteiger partial charge in [0, 0.05) is 16.7 Å². The van der Waals surface area contributed by atoms with Crippen LogP contribution in [0.4, 0.5) is 14.5 Å². The highest BCUT2D eigenvalue weighted by atomic mass is 79.9. The molecule has 3 heterocycles. The monoisotopic (exact) mass is 605 g/mol. The molecule has 0 atom stereocenters. The van der Waals surface area contributed by atoms with Crippen LogP contribution in [-0.4, -0.2) is 52.8 Å². The molecular weight excluding hydrogens is 588 g/mol. The lowest BCUT2D eigenvalue weighted by Gasteiger charge is -2.15. The summed E-state index contributed by atoms with van der Waals surface area (Å²) in [7, 11) is 0. The van der Waals surface area contributed by atoms with Crippen LogP contribution in [0, 0.1) is 6.92 Å². The van der Waals surface area contributed by atoms with Crippen molar-refractivity contribution in [1.82, 2.24) is 40.3 Å². The van der Waals surface area contributed by atoms with Gasteiger partial charge in [-0.3, -0.25) is 9.59 Å². The zero-order valence-electron chi connectivity index (χ0n) is 19.7. The van der Waals surface area contributed by atoms with Gasteiger partial charge in [0.05, 0.1) is 22.0 Å². The minimum absolute atomic E-state index is 0.0330. The van der Waals surface area contributed by atoms with E-state index in [9.17, 15) is 18.4 Å². The number of hydrogen-bond donors (Lipinski definition) is 2. The molecule has 0 radical (unpaired) electrons. The number of carbonyl (C=O) groups excluding carboxylic acids is 2. The van der Waals surface area contributed by atoms with Crippen molar-refractivity contribution in [2.24, 2.45) is 0 Å². The van der Waals surface area contributed by atoms with Gasteiger partial charge in [-0.15, -0.1) is 10.2 Å². The molecule has 1 aliphatic carbocycles. The summed E-state index contributed by atoms with van der Waals surface area (Å²) in [5.74, 6) is -1.46. The summed E-state index contributed by atoms with van der Waals surface area (Å²) in [6.07, 6.45) is 0.423. The summed E-state index contributed by atoms with van der Waals surface area (Å²) >= 11 is 9.74. The largest absolute Gasteiger partial charge is 0.349 e. The number of benzene rings is 1. The third kappa shape index (κ3) is 5.55. The molecule has 0 aliphatic heterocycles. The average molecular weight is 607 g/mol. The SMILES string of the molecule is Cc1cc(Br)cc(C(=O)NC2CC2)c1NC(=O)c1cc(Cn2nnc(C(F)F)n2)nn1-c1ncccc1Cl. The second kappa shape index (κ2) is 10.5. The highest BCUT2D eigenvalue weighted by molar-refractivity contribution is 9.10. The first kappa shape index (κ1) is 25.9. The molecule has 2 N–H and O–H groups in total. The second-order valence-electron chi connectivity index (χ2n) is 8.57. The molecule has 4 aromatic rings. The number of anilines is 1. The standard InChI is InChI=1S/C23H19BrClF2N9O2/c1-11-7-12(24)8-15(22(37)29-13-4-5-13)18(11)30-23(38)17-9-14(10-35-33-20(19(26)27)31-34-35)32-36(17)21-16(25)3-2-6-28-21/h2-3,6-9,13,19H,4-5,10H2,1H3,(H,29,37)(H,30,38). The van der Waals surface area contributed by atoms with Crippen molar-refractivity contribution in [3.05, 3.63) is 74.4 Å². The predicted molar refractivity (Wildman–Crippen MR) is 136 cm³/mol. The number of aryl methyl sites for hydroxylation is 1. The van der Waals surface area contributed by atoms with E-state index in [0.717, 1.165) is 17.6 Å². The number of pyridine rings is 1. The molecule has 15 heteroatoms. The molecule has 0 unspecified atom stereocenters. The van der Waals surface area contributed by atoms with Crippen molar-refractivity contribution >= 4 is 45.0 Å². The van der Waals surface area contributed by atoms with Crippen LogP contribution in [0.5, 0.6) is 0 Å². The van der Waals surface area contributed by atoms with Crippen LogP contribution in [0.3, 0.4) is 0 Å². The Morgan fingerprint density at radius 1 is 1.21 bits per heavy atom. The molecule has 1 aliphatic rings. The van der Waals surface area contributed by atoms with Gasteiger partial charge in [-0.25, -0.2) is 18.4 Å². The third-order valence-electron chi connectivity index (χ3n) is 5.60. The molecule has 1 saturated carbocycles. The van der Waals surface area contributed by atoms with Crippen LogP contribution >= 0.6 is 27.5 Å². The molecule has 5 rings (SSSR count). The Morgan fingerprint density at radius 2 is 2.00 bits per heavy atom. The van der Waals surface area contributed by atoms with Gasteiger partial charge in [0.25, 0.3) is 11.8 Å². The first-order valence-corrected chi connectivity index (χ1v) is 12.5. The van der Waals surface area contributed by atoms with E-state index in [0.29, 0.717) is 21.3 Å². The van der Waals surface area contributed by atoms with E-state index < -0.39 is 18.2 Å². The molecule has 0 saturated heterocycles. The number of aromatic nitrogens is 7. The third-order valence-corrected chi connectivity index (χ3v) is 6.35. The fourth-order valence-electron chi connectivity index (χ4n) is 3.68. The number of nitrogens with one attached hydrogen (secondary N) is 2. The number of tetrazole rings is 1. The van der Waals surface area contributed by atoms with E-state index in [1.54, 1.807) is 31.2 Å². The van der Waals surface area contributed by atoms with Crippen molar-refractivity contribution < 1.29 is 18.4 Å². The van der Waals surface area contributed by atoms with Crippen molar-refractivity contribution in [3.63, 3.8) is 0 Å². The molecule has 0 bridgehead atoms. The highest BCUT2D eigenvalue weighted by Crippen LogP contribution is 2.29. The van der Waals surface area contributed by atoms with Crippen molar-refractivity contribution in [1.29, 1.82) is 0 Å². The normalized spacial score (nSPS) is 13.1. The van der Waals surface area contributed by atoms with E-state index >= 15 is 0 Å². The quantitative estimate of drug-likeness (QED) is 0.309. The summed E-state index contributed by atoms with van der Waals surface area (Å²) < 4.78 is 27.7. The Balaban J connectivity index is 1.51. The fourth-order valence-corrected chi connectivity index (χ4v) is 4.45. The summed E-state index contributed by atoms with van der Waals surface area (Å²) in [5.41, 5.74) is 1.57. The maximum atomic E-state index is 13.6. The van der Waals surface area contributed by atoms with Gasteiger partial charge < -0.3 is 10.6 Å². The zero-order chi connectivity index (χ0) is 27.0. The molecule has 3 aromatic heterocycles. The van der Waals surface area contributed by atoms with Gasteiger partial charge >= 0.3 is 6.43 Å². The van der Waals surface area contributed by atoms with Crippen LogP contribution < -0.4 is 10.6 Å². The number of carbonyl (C=O) groups is 2. The lowest BCUT2D eigenvalue weighted by molar-refractivity contribution is 0.0951. The lowest BCUT2D eigenvalue weighted by Crippen LogP contribution is -2.27. The predicted octanol–water partition coefficient (Wildman–Crippen LogP) is 4.11. The maximum absolute atomic E-state index is 13.6. The Labute approximate surface area is 227 Å². The van der Waals surface area contributed by atoms with Crippen LogP contribution in [-0.2, 0) is 6.54 Å². The Hall–Kier alpha value is -3.78. The minimum Gasteiger partial charge on any atom is -0.349 e. The number of alkyl halides is 2. The Bertz CT molecular complexity index is 1540. The summed E-state index contributed by atoms with van der Waals surface area (Å²) in [4.78, 5) is 31.7. The molecule has 0 spiro atoms. The van der Waals surface area contributed by atoms with Crippen molar-refractivity contribution in [3.8, 4) is 5.82 Å². The number of amides is 2. The van der Waals surface area contributed by atoms with E-state index in [1.165, 1.54) is 16.9 Å². The molecular formula is C23H19BrClF2N9O2. The fraction of sp³-hybridized carbons (Fsp3) is 0.261. The molecule has 196 valence electrons. The summed E-state index contributed by atoms with van der Waals surface area (Å²) in [6.45, 7) is 1.62. The van der Waals surface area contributed by atoms with Gasteiger partial charge in [0.15, 0.2) is 5.82 Å². The number of halogens is 4. The first-order chi connectivity index (χ1) is 18.2. The van der Waals surface area contributed by atoms with Crippen LogP contribution in [0.1, 0.15) is 57.2 Å². The van der Waals surface area contributed by atoms with E-state index in [2.05, 4.69) is 52.1 Å². The number of nitrogens with zero attached hydrogens (tertiary/aromatic N) is 7. The van der Waals surface area contributed by atoms with E-state index in [-0.39, 0.29) is 40.7 Å². The second-order valence-corrected chi connectivity index (χ2v) is 9.89. The van der Waals surface area contributed by atoms with Gasteiger partial charge in [-0.05, 0) is 60.9 Å². The zero-order valence-corrected chi connectivity index (χ0v) is 22.0. The molecule has 1 fully saturated rings. The Morgan fingerprint density at radius 3 is 2.68 bits per heavy atom. The van der Waals surface area contributed by atoms with Gasteiger partial charge in [-0.1, -0.05) is 27.5 Å². The molecule has 38 heavy (non-hydrogen) atoms. The van der Waals surface area contributed by atoms with Crippen LogP contribution in [0.15, 0.2) is 41.0 Å². The summed E-state index contributed by atoms with van der Waals surface area (Å²) in [5, 5.41) is 20.9. The van der Waals surface area contributed by atoms with Crippen molar-refractivity contribution in [2.45, 2.75) is 38.8 Å². The topological polar surface area (TPSA) is 133 Å². The molecule has 11 nitrogen and oxygen atoms in total. The van der Waals surface area contributed by atoms with Gasteiger partial charge in [-0.2, -0.15) is 9.90 Å². The van der Waals surface area contributed by atoms with Gasteiger partial charge in [0.2, 0.25) is 5.82 Å². The average Bonchev–Trinajstić information content (AvgIpc) is 3.38. The smallest absolute Gasteiger partial charge is 0.301 e. The highest BCUT2D eigenvalue weighted by Gasteiger charge is 2.27. The molecule has 1 aromatic carbocycles. The van der Waals surface area contributed by atoms with Crippen LogP contribution in [0.2, 0.25) is 5.02 Å². The van der Waals surface area contributed by atoms with E-state index in [1.807, 2.05) is 0 Å². The number of rotatable bonds is 8. The van der Waals surface area contributed by atoms with E-state index in [4.69, 9.17) is 11.6 Å². The Kier molecular flexibility index (Phi) is 7.17. The lowest BCUT2D eigenvalue weighted by atomic mass is 10.1. The number of hydrogen-bond acceptors (Lipinski definition) is 7. The maximum Gasteiger partial charge on any atom is 0.301 e.